The maximum atomic E-state index is 5.51. The lowest BCUT2D eigenvalue weighted by Gasteiger charge is -2.04. The van der Waals surface area contributed by atoms with Crippen LogP contribution in [0.4, 0.5) is 0 Å². The van der Waals surface area contributed by atoms with Crippen LogP contribution < -0.4 is 0 Å². The zero-order valence-electron chi connectivity index (χ0n) is 17.8. The monoisotopic (exact) mass is 348 g/mol. The third-order valence-corrected chi connectivity index (χ3v) is 5.56. The summed E-state index contributed by atoms with van der Waals surface area (Å²) in [6.45, 7) is 2.30. The molecule has 0 rings (SSSR count). The number of rotatable bonds is 22. The van der Waals surface area contributed by atoms with E-state index in [0.29, 0.717) is 0 Å². The summed E-state index contributed by atoms with van der Waals surface area (Å²) in [6, 6.07) is 0. The van der Waals surface area contributed by atoms with Crippen molar-refractivity contribution in [3.63, 3.8) is 0 Å². The summed E-state index contributed by atoms with van der Waals surface area (Å²) in [7, 11) is 5.51. The van der Waals surface area contributed by atoms with Gasteiger partial charge in [-0.25, -0.2) is 0 Å². The molecule has 0 fully saturated rings. The van der Waals surface area contributed by atoms with Crippen molar-refractivity contribution in [3.8, 4) is 0 Å². The summed E-state index contributed by atoms with van der Waals surface area (Å²) in [4.78, 5) is 0. The van der Waals surface area contributed by atoms with Crippen LogP contribution in [0.2, 0.25) is 6.32 Å². The van der Waals surface area contributed by atoms with E-state index in [9.17, 15) is 0 Å². The average Bonchev–Trinajstić information content (AvgIpc) is 2.63. The molecule has 0 saturated heterocycles. The van der Waals surface area contributed by atoms with Gasteiger partial charge in [-0.3, -0.25) is 0 Å². The second-order valence-electron chi connectivity index (χ2n) is 8.21. The highest BCUT2D eigenvalue weighted by atomic mass is 14.0. The van der Waals surface area contributed by atoms with Crippen LogP contribution in [0.1, 0.15) is 148 Å². The first-order valence-corrected chi connectivity index (χ1v) is 12.1. The smallest absolute Gasteiger partial charge is 0.0653 e. The van der Waals surface area contributed by atoms with E-state index in [4.69, 9.17) is 7.85 Å². The predicted octanol–water partition coefficient (Wildman–Crippen LogP) is 9.18. The normalized spacial score (nSPS) is 11.2. The van der Waals surface area contributed by atoms with E-state index >= 15 is 0 Å². The van der Waals surface area contributed by atoms with Crippen molar-refractivity contribution >= 4 is 7.85 Å². The molecular weight excluding hydrogens is 299 g/mol. The number of unbranched alkanes of at least 4 members (excludes halogenated alkanes) is 21. The molecule has 0 amide bonds. The Labute approximate surface area is 162 Å². The molecule has 0 spiro atoms. The van der Waals surface area contributed by atoms with E-state index in [2.05, 4.69) is 6.92 Å². The fourth-order valence-corrected chi connectivity index (χ4v) is 3.75. The standard InChI is InChI=1S/C24H49B/c1-2-3-4-5-6-7-8-9-10-11-12-13-14-15-16-17-18-19-20-21-22-23-24-25/h2-24H2,1H3. The Bertz CT molecular complexity index is 192. The zero-order chi connectivity index (χ0) is 18.3. The van der Waals surface area contributed by atoms with Gasteiger partial charge in [0.25, 0.3) is 0 Å². The lowest BCUT2D eigenvalue weighted by Crippen LogP contribution is -1.84. The Morgan fingerprint density at radius 2 is 0.520 bits per heavy atom. The largest absolute Gasteiger partial charge is 0.0887 e. The fraction of sp³-hybridized carbons (Fsp3) is 1.00. The summed E-state index contributed by atoms with van der Waals surface area (Å²) in [5, 5.41) is 0. The van der Waals surface area contributed by atoms with Gasteiger partial charge in [0.05, 0.1) is 7.85 Å². The minimum absolute atomic E-state index is 0.874. The third-order valence-electron chi connectivity index (χ3n) is 5.56. The molecule has 0 aromatic carbocycles. The first-order valence-electron chi connectivity index (χ1n) is 12.1. The van der Waals surface area contributed by atoms with Gasteiger partial charge in [-0.15, -0.1) is 0 Å². The van der Waals surface area contributed by atoms with Crippen molar-refractivity contribution in [2.75, 3.05) is 0 Å². The molecule has 0 heterocycles. The maximum absolute atomic E-state index is 5.51. The van der Waals surface area contributed by atoms with Gasteiger partial charge in [-0.05, 0) is 0 Å². The molecule has 0 aromatic rings. The van der Waals surface area contributed by atoms with E-state index in [1.165, 1.54) is 141 Å². The molecule has 25 heavy (non-hydrogen) atoms. The minimum Gasteiger partial charge on any atom is -0.0887 e. The van der Waals surface area contributed by atoms with Gasteiger partial charge in [0.15, 0.2) is 0 Å². The SMILES string of the molecule is [B]CCCCCCCCCCCCCCCCCCCCCCCC. The molecule has 2 radical (unpaired) electrons. The summed E-state index contributed by atoms with van der Waals surface area (Å²) in [5.41, 5.74) is 0. The highest BCUT2D eigenvalue weighted by molar-refractivity contribution is 6.08. The van der Waals surface area contributed by atoms with Crippen LogP contribution in [0, 0.1) is 0 Å². The second-order valence-corrected chi connectivity index (χ2v) is 8.21. The van der Waals surface area contributed by atoms with Crippen molar-refractivity contribution < 1.29 is 0 Å². The Balaban J connectivity index is 2.94. The summed E-state index contributed by atoms with van der Waals surface area (Å²) in [5.74, 6) is 0. The summed E-state index contributed by atoms with van der Waals surface area (Å²) >= 11 is 0. The summed E-state index contributed by atoms with van der Waals surface area (Å²) < 4.78 is 0. The zero-order valence-corrected chi connectivity index (χ0v) is 17.8. The maximum Gasteiger partial charge on any atom is 0.0653 e. The molecule has 0 aliphatic rings. The summed E-state index contributed by atoms with van der Waals surface area (Å²) in [6.07, 6.45) is 32.7. The van der Waals surface area contributed by atoms with E-state index in [1.54, 1.807) is 0 Å². The molecule has 1 heteroatoms. The van der Waals surface area contributed by atoms with Crippen LogP contribution in [0.5, 0.6) is 0 Å². The first kappa shape index (κ1) is 25.1. The van der Waals surface area contributed by atoms with E-state index in [1.807, 2.05) is 0 Å². The van der Waals surface area contributed by atoms with Gasteiger partial charge in [-0.2, -0.15) is 0 Å². The highest BCUT2D eigenvalue weighted by Crippen LogP contribution is 2.15. The molecule has 0 aliphatic heterocycles. The number of hydrogen-bond acceptors (Lipinski definition) is 0. The van der Waals surface area contributed by atoms with E-state index in [0.717, 1.165) is 6.32 Å². The molecule has 0 aliphatic carbocycles. The van der Waals surface area contributed by atoms with Gasteiger partial charge in [0, 0.05) is 0 Å². The fourth-order valence-electron chi connectivity index (χ4n) is 3.75. The van der Waals surface area contributed by atoms with Crippen molar-refractivity contribution in [2.24, 2.45) is 0 Å². The Morgan fingerprint density at radius 3 is 0.720 bits per heavy atom. The minimum atomic E-state index is 0.874. The van der Waals surface area contributed by atoms with Crippen molar-refractivity contribution in [2.45, 2.75) is 155 Å². The van der Waals surface area contributed by atoms with Gasteiger partial charge in [0.2, 0.25) is 0 Å². The van der Waals surface area contributed by atoms with Crippen LogP contribution in [0.15, 0.2) is 0 Å². The van der Waals surface area contributed by atoms with Gasteiger partial charge >= 0.3 is 0 Å². The molecule has 0 N–H and O–H groups in total. The molecule has 0 bridgehead atoms. The lowest BCUT2D eigenvalue weighted by molar-refractivity contribution is 0.520. The van der Waals surface area contributed by atoms with Crippen molar-refractivity contribution in [1.29, 1.82) is 0 Å². The predicted molar refractivity (Wildman–Crippen MR) is 118 cm³/mol. The molecule has 148 valence electrons. The lowest BCUT2D eigenvalue weighted by atomic mass is 9.98. The van der Waals surface area contributed by atoms with Crippen LogP contribution in [-0.2, 0) is 0 Å². The molecule has 0 unspecified atom stereocenters. The van der Waals surface area contributed by atoms with Crippen molar-refractivity contribution in [1.82, 2.24) is 0 Å². The quantitative estimate of drug-likeness (QED) is 0.135. The van der Waals surface area contributed by atoms with Crippen LogP contribution in [0.25, 0.3) is 0 Å². The van der Waals surface area contributed by atoms with Gasteiger partial charge < -0.3 is 0 Å². The van der Waals surface area contributed by atoms with Gasteiger partial charge in [-0.1, -0.05) is 155 Å². The average molecular weight is 348 g/mol. The van der Waals surface area contributed by atoms with Crippen LogP contribution in [0.3, 0.4) is 0 Å². The molecule has 0 saturated carbocycles. The molecule has 0 aromatic heterocycles. The van der Waals surface area contributed by atoms with Crippen molar-refractivity contribution in [3.05, 3.63) is 0 Å². The topological polar surface area (TPSA) is 0 Å². The highest BCUT2D eigenvalue weighted by Gasteiger charge is 1.95. The van der Waals surface area contributed by atoms with E-state index < -0.39 is 0 Å². The Kier molecular flexibility index (Phi) is 24.1. The van der Waals surface area contributed by atoms with Crippen LogP contribution in [-0.4, -0.2) is 7.85 Å². The Morgan fingerprint density at radius 1 is 0.320 bits per heavy atom. The third kappa shape index (κ3) is 24.1. The van der Waals surface area contributed by atoms with E-state index in [-0.39, 0.29) is 0 Å². The second kappa shape index (κ2) is 24.1. The van der Waals surface area contributed by atoms with Gasteiger partial charge in [0.1, 0.15) is 0 Å². The Hall–Kier alpha value is 0.0649. The molecular formula is C24H49B. The number of hydrogen-bond donors (Lipinski definition) is 0. The molecule has 0 nitrogen and oxygen atoms in total. The molecule has 0 atom stereocenters. The van der Waals surface area contributed by atoms with Crippen LogP contribution >= 0.6 is 0 Å². The first-order chi connectivity index (χ1) is 12.4.